The van der Waals surface area contributed by atoms with Crippen LogP contribution < -0.4 is 5.63 Å². The van der Waals surface area contributed by atoms with Crippen LogP contribution in [0.15, 0.2) is 15.3 Å². The van der Waals surface area contributed by atoms with E-state index in [9.17, 15) is 30.1 Å². The van der Waals surface area contributed by atoms with Crippen LogP contribution in [0, 0.1) is 34.1 Å². The molecule has 1 aromatic heterocycles. The first kappa shape index (κ1) is 13.5. The smallest absolute Gasteiger partial charge is 0.360 e. The minimum atomic E-state index is -1.14. The molecule has 0 spiro atoms. The second-order valence-electron chi connectivity index (χ2n) is 4.12. The first-order valence-corrected chi connectivity index (χ1v) is 5.34. The number of aryl methyl sites for hydroxylation is 1. The molecule has 0 saturated carbocycles. The van der Waals surface area contributed by atoms with E-state index in [0.717, 1.165) is 6.07 Å². The van der Waals surface area contributed by atoms with Gasteiger partial charge in [-0.05, 0) is 19.4 Å². The summed E-state index contributed by atoms with van der Waals surface area (Å²) in [4.78, 5) is 31.4. The topological polar surface area (TPSA) is 137 Å². The van der Waals surface area contributed by atoms with Gasteiger partial charge in [0, 0.05) is 17.0 Å². The predicted molar refractivity (Wildman–Crippen MR) is 66.9 cm³/mol. The molecule has 0 bridgehead atoms. The number of nitro groups is 2. The molecule has 1 aromatic carbocycles. The summed E-state index contributed by atoms with van der Waals surface area (Å²) in [7, 11) is 0. The van der Waals surface area contributed by atoms with Crippen LogP contribution in [0.2, 0.25) is 0 Å². The molecule has 0 aliphatic carbocycles. The van der Waals surface area contributed by atoms with Crippen LogP contribution in [-0.4, -0.2) is 15.0 Å². The lowest BCUT2D eigenvalue weighted by molar-refractivity contribution is -0.395. The van der Waals surface area contributed by atoms with Crippen molar-refractivity contribution in [2.24, 2.45) is 0 Å². The third-order valence-corrected chi connectivity index (χ3v) is 3.05. The molecular weight excluding hydrogens is 272 g/mol. The highest BCUT2D eigenvalue weighted by Gasteiger charge is 2.31. The number of nitro benzene ring substituents is 2. The predicted octanol–water partition coefficient (Wildman–Crippen LogP) is 1.93. The molecule has 9 heteroatoms. The van der Waals surface area contributed by atoms with Crippen LogP contribution in [0.5, 0.6) is 5.75 Å². The number of aromatic hydroxyl groups is 1. The number of nitrogens with zero attached hydrogens (tertiary/aromatic N) is 2. The zero-order valence-corrected chi connectivity index (χ0v) is 10.4. The van der Waals surface area contributed by atoms with E-state index in [2.05, 4.69) is 0 Å². The van der Waals surface area contributed by atoms with Crippen molar-refractivity contribution in [3.05, 3.63) is 47.8 Å². The maximum absolute atomic E-state index is 11.6. The zero-order valence-electron chi connectivity index (χ0n) is 10.4. The maximum atomic E-state index is 11.6. The quantitative estimate of drug-likeness (QED) is 0.504. The second-order valence-corrected chi connectivity index (χ2v) is 4.12. The summed E-state index contributed by atoms with van der Waals surface area (Å²) >= 11 is 0. The van der Waals surface area contributed by atoms with Gasteiger partial charge in [-0.25, -0.2) is 4.79 Å². The summed E-state index contributed by atoms with van der Waals surface area (Å²) < 4.78 is 4.80. The van der Waals surface area contributed by atoms with Gasteiger partial charge in [0.05, 0.1) is 9.85 Å². The molecule has 0 radical (unpaired) electrons. The number of phenolic OH excluding ortho intramolecular Hbond substituents is 1. The van der Waals surface area contributed by atoms with Crippen LogP contribution >= 0.6 is 0 Å². The molecule has 2 aromatic rings. The molecule has 0 aliphatic rings. The molecule has 0 aliphatic heterocycles. The van der Waals surface area contributed by atoms with Crippen LogP contribution in [0.3, 0.4) is 0 Å². The van der Waals surface area contributed by atoms with Crippen molar-refractivity contribution >= 4 is 22.3 Å². The highest BCUT2D eigenvalue weighted by Crippen LogP contribution is 2.42. The van der Waals surface area contributed by atoms with Crippen molar-refractivity contribution in [2.45, 2.75) is 13.8 Å². The maximum Gasteiger partial charge on any atom is 0.360 e. The van der Waals surface area contributed by atoms with Crippen molar-refractivity contribution in [3.8, 4) is 5.75 Å². The van der Waals surface area contributed by atoms with E-state index in [1.54, 1.807) is 0 Å². The highest BCUT2D eigenvalue weighted by atomic mass is 16.6. The molecule has 0 fully saturated rings. The molecule has 0 amide bonds. The van der Waals surface area contributed by atoms with Crippen LogP contribution in [0.4, 0.5) is 11.4 Å². The Hall–Kier alpha value is -2.97. The average molecular weight is 280 g/mol. The largest absolute Gasteiger partial charge is 0.497 e. The molecule has 0 saturated heterocycles. The molecule has 0 atom stereocenters. The lowest BCUT2D eigenvalue weighted by atomic mass is 10.0. The number of hydrogen-bond donors (Lipinski definition) is 1. The summed E-state index contributed by atoms with van der Waals surface area (Å²) in [6.07, 6.45) is 0. The summed E-state index contributed by atoms with van der Waals surface area (Å²) in [5.41, 5.74) is -2.58. The SMILES string of the molecule is Cc1c(C)c2cc([N+](=O)[O-])c(O)c([N+](=O)[O-])c2oc1=O. The Kier molecular flexibility index (Phi) is 2.89. The van der Waals surface area contributed by atoms with Gasteiger partial charge in [-0.15, -0.1) is 0 Å². The van der Waals surface area contributed by atoms with E-state index in [0.29, 0.717) is 5.56 Å². The Labute approximate surface area is 110 Å². The summed E-state index contributed by atoms with van der Waals surface area (Å²) in [5.74, 6) is -1.14. The normalized spacial score (nSPS) is 10.7. The summed E-state index contributed by atoms with van der Waals surface area (Å²) in [6.45, 7) is 2.92. The van der Waals surface area contributed by atoms with Gasteiger partial charge in [0.2, 0.25) is 5.58 Å². The molecule has 104 valence electrons. The lowest BCUT2D eigenvalue weighted by Gasteiger charge is -2.06. The molecule has 0 unspecified atom stereocenters. The van der Waals surface area contributed by atoms with Crippen molar-refractivity contribution in [1.82, 2.24) is 0 Å². The van der Waals surface area contributed by atoms with E-state index in [-0.39, 0.29) is 10.9 Å². The Morgan fingerprint density at radius 2 is 1.75 bits per heavy atom. The van der Waals surface area contributed by atoms with Gasteiger partial charge >= 0.3 is 17.0 Å². The lowest BCUT2D eigenvalue weighted by Crippen LogP contribution is -2.07. The van der Waals surface area contributed by atoms with Gasteiger partial charge in [0.15, 0.2) is 0 Å². The molecule has 20 heavy (non-hydrogen) atoms. The fourth-order valence-electron chi connectivity index (χ4n) is 1.84. The van der Waals surface area contributed by atoms with Crippen molar-refractivity contribution in [2.75, 3.05) is 0 Å². The van der Waals surface area contributed by atoms with E-state index < -0.39 is 38.2 Å². The van der Waals surface area contributed by atoms with E-state index in [1.165, 1.54) is 13.8 Å². The molecule has 2 rings (SSSR count). The number of fused-ring (bicyclic) bond motifs is 1. The number of hydrogen-bond acceptors (Lipinski definition) is 7. The van der Waals surface area contributed by atoms with Gasteiger partial charge in [-0.2, -0.15) is 0 Å². The Bertz CT molecular complexity index is 822. The van der Waals surface area contributed by atoms with Crippen LogP contribution in [-0.2, 0) is 0 Å². The molecule has 1 N–H and O–H groups in total. The van der Waals surface area contributed by atoms with Crippen molar-refractivity contribution in [3.63, 3.8) is 0 Å². The monoisotopic (exact) mass is 280 g/mol. The Morgan fingerprint density at radius 3 is 2.25 bits per heavy atom. The first-order valence-electron chi connectivity index (χ1n) is 5.34. The van der Waals surface area contributed by atoms with Gasteiger partial charge in [-0.3, -0.25) is 20.2 Å². The van der Waals surface area contributed by atoms with Gasteiger partial charge in [-0.1, -0.05) is 0 Å². The third kappa shape index (κ3) is 1.76. The molecule has 1 heterocycles. The molecule has 9 nitrogen and oxygen atoms in total. The van der Waals surface area contributed by atoms with Crippen molar-refractivity contribution < 1.29 is 19.4 Å². The minimum absolute atomic E-state index is 0.0401. The fraction of sp³-hybridized carbons (Fsp3) is 0.182. The van der Waals surface area contributed by atoms with E-state index in [4.69, 9.17) is 4.42 Å². The number of phenols is 1. The average Bonchev–Trinajstić information content (AvgIpc) is 2.34. The first-order chi connectivity index (χ1) is 9.25. The minimum Gasteiger partial charge on any atom is -0.497 e. The number of rotatable bonds is 2. The summed E-state index contributed by atoms with van der Waals surface area (Å²) in [5, 5.41) is 31.5. The second kappa shape index (κ2) is 4.30. The Morgan fingerprint density at radius 1 is 1.15 bits per heavy atom. The van der Waals surface area contributed by atoms with E-state index in [1.807, 2.05) is 0 Å². The van der Waals surface area contributed by atoms with Gasteiger partial charge in [0.25, 0.3) is 5.75 Å². The van der Waals surface area contributed by atoms with Gasteiger partial charge in [0.1, 0.15) is 0 Å². The Balaban J connectivity index is 3.14. The molecular formula is C11H8N2O7. The fourth-order valence-corrected chi connectivity index (χ4v) is 1.84. The summed E-state index contributed by atoms with van der Waals surface area (Å²) in [6, 6.07) is 0.947. The zero-order chi connectivity index (χ0) is 15.2. The van der Waals surface area contributed by atoms with Crippen LogP contribution in [0.25, 0.3) is 11.0 Å². The third-order valence-electron chi connectivity index (χ3n) is 3.05. The van der Waals surface area contributed by atoms with Crippen LogP contribution in [0.1, 0.15) is 11.1 Å². The number of benzene rings is 1. The highest BCUT2D eigenvalue weighted by molar-refractivity contribution is 5.94. The standard InChI is InChI=1S/C11H8N2O7/c1-4-5(2)11(15)20-10-6(4)3-7(12(16)17)9(14)8(10)13(18)19/h3,14H,1-2H3. The van der Waals surface area contributed by atoms with Crippen molar-refractivity contribution in [1.29, 1.82) is 0 Å². The van der Waals surface area contributed by atoms with Gasteiger partial charge < -0.3 is 9.52 Å². The van der Waals surface area contributed by atoms with E-state index >= 15 is 0 Å².